The van der Waals surface area contributed by atoms with Gasteiger partial charge in [-0.3, -0.25) is 0 Å². The molecule has 0 unspecified atom stereocenters. The molecule has 0 atom stereocenters. The van der Waals surface area contributed by atoms with Crippen LogP contribution < -0.4 is 5.32 Å². The lowest BCUT2D eigenvalue weighted by Crippen LogP contribution is -2.20. The SMILES string of the molecule is CN(C)CCNc1ccc2nc(-c3ccccc3F)oc2c1. The van der Waals surface area contributed by atoms with Crippen LogP contribution in [0.25, 0.3) is 22.6 Å². The van der Waals surface area contributed by atoms with Crippen molar-refractivity contribution in [2.75, 3.05) is 32.5 Å². The third-order valence-electron chi connectivity index (χ3n) is 3.38. The summed E-state index contributed by atoms with van der Waals surface area (Å²) in [6, 6.07) is 12.2. The quantitative estimate of drug-likeness (QED) is 0.781. The number of benzene rings is 2. The lowest BCUT2D eigenvalue weighted by atomic mass is 10.2. The van der Waals surface area contributed by atoms with Gasteiger partial charge in [-0.1, -0.05) is 12.1 Å². The summed E-state index contributed by atoms with van der Waals surface area (Å²) >= 11 is 0. The first-order valence-electron chi connectivity index (χ1n) is 7.17. The molecule has 0 spiro atoms. The van der Waals surface area contributed by atoms with Gasteiger partial charge in [0.25, 0.3) is 0 Å². The molecule has 0 amide bonds. The Morgan fingerprint density at radius 2 is 2.00 bits per heavy atom. The summed E-state index contributed by atoms with van der Waals surface area (Å²) in [5.41, 5.74) is 2.70. The van der Waals surface area contributed by atoms with Crippen molar-refractivity contribution in [3.05, 3.63) is 48.3 Å². The summed E-state index contributed by atoms with van der Waals surface area (Å²) in [6.45, 7) is 1.78. The molecule has 1 heterocycles. The van der Waals surface area contributed by atoms with E-state index in [2.05, 4.69) is 15.2 Å². The molecule has 1 aromatic heterocycles. The van der Waals surface area contributed by atoms with Gasteiger partial charge in [0.2, 0.25) is 5.89 Å². The number of fused-ring (bicyclic) bond motifs is 1. The lowest BCUT2D eigenvalue weighted by molar-refractivity contribution is 0.425. The molecule has 5 heteroatoms. The third-order valence-corrected chi connectivity index (χ3v) is 3.38. The first-order chi connectivity index (χ1) is 10.6. The molecular weight excluding hydrogens is 281 g/mol. The molecule has 0 fully saturated rings. The maximum atomic E-state index is 13.8. The Labute approximate surface area is 128 Å². The number of rotatable bonds is 5. The zero-order valence-electron chi connectivity index (χ0n) is 12.6. The van der Waals surface area contributed by atoms with Crippen molar-refractivity contribution in [3.63, 3.8) is 0 Å². The van der Waals surface area contributed by atoms with Crippen molar-refractivity contribution < 1.29 is 8.81 Å². The van der Waals surface area contributed by atoms with Gasteiger partial charge in [-0.05, 0) is 38.4 Å². The van der Waals surface area contributed by atoms with Crippen molar-refractivity contribution in [2.24, 2.45) is 0 Å². The van der Waals surface area contributed by atoms with Crippen molar-refractivity contribution in [1.82, 2.24) is 9.88 Å². The number of nitrogens with zero attached hydrogens (tertiary/aromatic N) is 2. The minimum atomic E-state index is -0.335. The first kappa shape index (κ1) is 14.5. The van der Waals surface area contributed by atoms with E-state index >= 15 is 0 Å². The second-order valence-electron chi connectivity index (χ2n) is 5.41. The van der Waals surface area contributed by atoms with Gasteiger partial charge in [0.15, 0.2) is 5.58 Å². The molecule has 0 bridgehead atoms. The topological polar surface area (TPSA) is 41.3 Å². The Hall–Kier alpha value is -2.40. The second-order valence-corrected chi connectivity index (χ2v) is 5.41. The van der Waals surface area contributed by atoms with E-state index in [0.29, 0.717) is 17.0 Å². The summed E-state index contributed by atoms with van der Waals surface area (Å²) in [5, 5.41) is 3.33. The summed E-state index contributed by atoms with van der Waals surface area (Å²) in [6.07, 6.45) is 0. The number of halogens is 1. The molecule has 0 aliphatic rings. The average molecular weight is 299 g/mol. The highest BCUT2D eigenvalue weighted by Crippen LogP contribution is 2.27. The zero-order chi connectivity index (χ0) is 15.5. The molecule has 0 aliphatic carbocycles. The number of hydrogen-bond donors (Lipinski definition) is 1. The van der Waals surface area contributed by atoms with E-state index in [1.165, 1.54) is 6.07 Å². The van der Waals surface area contributed by atoms with E-state index in [1.54, 1.807) is 18.2 Å². The van der Waals surface area contributed by atoms with Crippen molar-refractivity contribution >= 4 is 16.8 Å². The predicted molar refractivity (Wildman–Crippen MR) is 86.4 cm³/mol. The fourth-order valence-electron chi connectivity index (χ4n) is 2.21. The third kappa shape index (κ3) is 3.09. The Kier molecular flexibility index (Phi) is 4.06. The Balaban J connectivity index is 1.86. The molecule has 3 rings (SSSR count). The minimum Gasteiger partial charge on any atom is -0.436 e. The zero-order valence-corrected chi connectivity index (χ0v) is 12.6. The Morgan fingerprint density at radius 1 is 1.18 bits per heavy atom. The van der Waals surface area contributed by atoms with Gasteiger partial charge in [-0.25, -0.2) is 9.37 Å². The maximum Gasteiger partial charge on any atom is 0.230 e. The predicted octanol–water partition coefficient (Wildman–Crippen LogP) is 3.61. The molecule has 2 aromatic carbocycles. The number of aromatic nitrogens is 1. The number of nitrogens with one attached hydrogen (secondary N) is 1. The van der Waals surface area contributed by atoms with Crippen LogP contribution in [0.1, 0.15) is 0 Å². The molecular formula is C17H18FN3O. The van der Waals surface area contributed by atoms with Crippen molar-refractivity contribution in [2.45, 2.75) is 0 Å². The highest BCUT2D eigenvalue weighted by molar-refractivity contribution is 5.80. The van der Waals surface area contributed by atoms with Crippen LogP contribution in [0.2, 0.25) is 0 Å². The fraction of sp³-hybridized carbons (Fsp3) is 0.235. The molecule has 1 N–H and O–H groups in total. The molecule has 22 heavy (non-hydrogen) atoms. The van der Waals surface area contributed by atoms with Gasteiger partial charge in [0.1, 0.15) is 11.3 Å². The summed E-state index contributed by atoms with van der Waals surface area (Å²) in [4.78, 5) is 6.46. The Bertz CT molecular complexity index is 782. The van der Waals surface area contributed by atoms with Gasteiger partial charge in [0.05, 0.1) is 5.56 Å². The molecule has 0 saturated carbocycles. The van der Waals surface area contributed by atoms with E-state index in [1.807, 2.05) is 32.3 Å². The molecule has 0 saturated heterocycles. The molecule has 3 aromatic rings. The number of anilines is 1. The van der Waals surface area contributed by atoms with E-state index in [0.717, 1.165) is 24.3 Å². The monoisotopic (exact) mass is 299 g/mol. The fourth-order valence-corrected chi connectivity index (χ4v) is 2.21. The van der Waals surface area contributed by atoms with E-state index in [-0.39, 0.29) is 5.82 Å². The summed E-state index contributed by atoms with van der Waals surface area (Å²) in [5.74, 6) is -0.0306. The van der Waals surface area contributed by atoms with Crippen LogP contribution in [0.5, 0.6) is 0 Å². The average Bonchev–Trinajstić information content (AvgIpc) is 2.90. The highest BCUT2D eigenvalue weighted by Gasteiger charge is 2.12. The van der Waals surface area contributed by atoms with Crippen molar-refractivity contribution in [3.8, 4) is 11.5 Å². The normalized spacial score (nSPS) is 11.3. The number of likely N-dealkylation sites (N-methyl/N-ethyl adjacent to an activating group) is 1. The van der Waals surface area contributed by atoms with Gasteiger partial charge in [0, 0.05) is 24.8 Å². The van der Waals surface area contributed by atoms with Gasteiger partial charge < -0.3 is 14.6 Å². The van der Waals surface area contributed by atoms with E-state index in [9.17, 15) is 4.39 Å². The van der Waals surface area contributed by atoms with Gasteiger partial charge in [-0.15, -0.1) is 0 Å². The van der Waals surface area contributed by atoms with Crippen LogP contribution in [0, 0.1) is 5.82 Å². The summed E-state index contributed by atoms with van der Waals surface area (Å²) in [7, 11) is 4.06. The second kappa shape index (κ2) is 6.15. The molecule has 0 aliphatic heterocycles. The van der Waals surface area contributed by atoms with Crippen LogP contribution in [0.15, 0.2) is 46.9 Å². The first-order valence-corrected chi connectivity index (χ1v) is 7.17. The van der Waals surface area contributed by atoms with Crippen LogP contribution in [0.4, 0.5) is 10.1 Å². The van der Waals surface area contributed by atoms with Gasteiger partial charge in [-0.2, -0.15) is 0 Å². The standard InChI is InChI=1S/C17H18FN3O/c1-21(2)10-9-19-12-7-8-15-16(11-12)22-17(20-15)13-5-3-4-6-14(13)18/h3-8,11,19H,9-10H2,1-2H3. The largest absolute Gasteiger partial charge is 0.436 e. The molecule has 114 valence electrons. The van der Waals surface area contributed by atoms with Crippen LogP contribution in [0.3, 0.4) is 0 Å². The van der Waals surface area contributed by atoms with E-state index in [4.69, 9.17) is 4.42 Å². The van der Waals surface area contributed by atoms with Gasteiger partial charge >= 0.3 is 0 Å². The number of hydrogen-bond acceptors (Lipinski definition) is 4. The molecule has 0 radical (unpaired) electrons. The van der Waals surface area contributed by atoms with Crippen LogP contribution >= 0.6 is 0 Å². The highest BCUT2D eigenvalue weighted by atomic mass is 19.1. The number of oxazole rings is 1. The lowest BCUT2D eigenvalue weighted by Gasteiger charge is -2.10. The maximum absolute atomic E-state index is 13.8. The summed E-state index contributed by atoms with van der Waals surface area (Å²) < 4.78 is 19.5. The van der Waals surface area contributed by atoms with Crippen LogP contribution in [-0.2, 0) is 0 Å². The van der Waals surface area contributed by atoms with Crippen molar-refractivity contribution in [1.29, 1.82) is 0 Å². The Morgan fingerprint density at radius 3 is 2.77 bits per heavy atom. The minimum absolute atomic E-state index is 0.304. The van der Waals surface area contributed by atoms with E-state index < -0.39 is 0 Å². The van der Waals surface area contributed by atoms with Crippen LogP contribution in [-0.4, -0.2) is 37.1 Å². The smallest absolute Gasteiger partial charge is 0.230 e. The molecule has 4 nitrogen and oxygen atoms in total.